The second kappa shape index (κ2) is 33.8. The van der Waals surface area contributed by atoms with Crippen molar-refractivity contribution in [1.82, 2.24) is 63.1 Å². The number of para-hydroxylation sites is 5. The molecule has 0 fully saturated rings. The molecule has 0 aliphatic carbocycles. The lowest BCUT2D eigenvalue weighted by Crippen LogP contribution is -2.04. The van der Waals surface area contributed by atoms with Crippen LogP contribution >= 0.6 is 45.3 Å². The molecule has 15 heterocycles. The lowest BCUT2D eigenvalue weighted by atomic mass is 10.0. The summed E-state index contributed by atoms with van der Waals surface area (Å²) in [6.07, 6.45) is 9.47. The van der Waals surface area contributed by atoms with E-state index in [0.717, 1.165) is 111 Å². The Morgan fingerprint density at radius 1 is 0.181 bits per heavy atom. The van der Waals surface area contributed by atoms with Crippen molar-refractivity contribution in [3.63, 3.8) is 0 Å². The number of aromatic nitrogens is 13. The zero-order chi connectivity index (χ0) is 94.6. The number of pyridine rings is 5. The molecule has 0 radical (unpaired) electrons. The Bertz CT molecular complexity index is 10100. The molecule has 672 valence electrons. The molecule has 32 rings (SSSR count). The average Bonchev–Trinajstić information content (AvgIpc) is 1.55. The average molecular weight is 1910 g/mol. The van der Waals surface area contributed by atoms with Crippen molar-refractivity contribution in [2.45, 2.75) is 0 Å². The van der Waals surface area contributed by atoms with Crippen LogP contribution in [0.4, 0.5) is 0 Å². The quantitative estimate of drug-likeness (QED) is 0.146. The third-order valence-electron chi connectivity index (χ3n) is 28.0. The van der Waals surface area contributed by atoms with Gasteiger partial charge in [0.2, 0.25) is 5.95 Å². The molecule has 0 bridgehead atoms. The first-order valence-corrected chi connectivity index (χ1v) is 51.2. The molecule has 0 N–H and O–H groups in total. The third-order valence-corrected chi connectivity index (χ3v) is 32.7. The molecule has 17 aromatic carbocycles. The van der Waals surface area contributed by atoms with E-state index in [4.69, 9.17) is 44.9 Å². The second-order valence-electron chi connectivity index (χ2n) is 36.0. The minimum atomic E-state index is 0.654. The Balaban J connectivity index is 0.0000000924. The SMILES string of the molecule is c1ccc(-c2cc(-c3ccccc3)nc(-n3c4ccccc4c4c5cccnc5c5sc6ccccc6c5c43)n2)cc1.c1ccc(-c2cc(-n3c4ccccc4c4c5cccnc5c5sc6ccccc6c5c43)nc(-c3ccccc3)n2)cc1.c1ccc(-n2c3ccccc3c3c4cccnc4c4sc5ccccc5c4c32)cc1.c1ccc(-n2c3ccccc3c3c4cccnc4c4sc5ccccc5c4c32)nc1. The van der Waals surface area contributed by atoms with Gasteiger partial charge in [0.05, 0.1) is 102 Å². The predicted molar refractivity (Wildman–Crippen MR) is 607 cm³/mol. The fourth-order valence-electron chi connectivity index (χ4n) is 22.0. The normalized spacial score (nSPS) is 11.9. The molecule has 0 unspecified atom stereocenters. The van der Waals surface area contributed by atoms with Crippen LogP contribution in [-0.4, -0.2) is 63.1 Å². The van der Waals surface area contributed by atoms with Gasteiger partial charge in [0.15, 0.2) is 5.82 Å². The van der Waals surface area contributed by atoms with E-state index in [1.807, 2.05) is 126 Å². The van der Waals surface area contributed by atoms with Gasteiger partial charge in [-0.2, -0.15) is 0 Å². The van der Waals surface area contributed by atoms with Gasteiger partial charge in [0.25, 0.3) is 0 Å². The summed E-state index contributed by atoms with van der Waals surface area (Å²) >= 11 is 7.28. The van der Waals surface area contributed by atoms with Crippen molar-refractivity contribution < 1.29 is 0 Å². The van der Waals surface area contributed by atoms with Crippen molar-refractivity contribution in [3.05, 3.63) is 456 Å². The molecule has 0 spiro atoms. The largest absolute Gasteiger partial charge is 0.309 e. The van der Waals surface area contributed by atoms with Gasteiger partial charge >= 0.3 is 0 Å². The van der Waals surface area contributed by atoms with Crippen LogP contribution in [0.3, 0.4) is 0 Å². The molecule has 0 amide bonds. The predicted octanol–water partition coefficient (Wildman–Crippen LogP) is 34.4. The van der Waals surface area contributed by atoms with Gasteiger partial charge in [-0.15, -0.1) is 45.3 Å². The van der Waals surface area contributed by atoms with Crippen LogP contribution in [-0.2, 0) is 0 Å². The highest BCUT2D eigenvalue weighted by molar-refractivity contribution is 7.28. The van der Waals surface area contributed by atoms with E-state index in [-0.39, 0.29) is 0 Å². The summed E-state index contributed by atoms with van der Waals surface area (Å²) in [5, 5.41) is 24.5. The Morgan fingerprint density at radius 3 is 0.826 bits per heavy atom. The molecule has 0 aliphatic rings. The zero-order valence-electron chi connectivity index (χ0n) is 76.7. The molecule has 32 aromatic rings. The summed E-state index contributed by atoms with van der Waals surface area (Å²) in [5.41, 5.74) is 21.6. The van der Waals surface area contributed by atoms with Gasteiger partial charge in [-0.05, 0) is 103 Å². The molecule has 144 heavy (non-hydrogen) atoms. The van der Waals surface area contributed by atoms with Crippen LogP contribution in [0.5, 0.6) is 0 Å². The van der Waals surface area contributed by atoms with Gasteiger partial charge in [-0.25, -0.2) is 24.9 Å². The Hall–Kier alpha value is -18.2. The van der Waals surface area contributed by atoms with E-state index in [1.165, 1.54) is 157 Å². The minimum Gasteiger partial charge on any atom is -0.309 e. The molecule has 0 saturated carbocycles. The fraction of sp³-hybridized carbons (Fsp3) is 0. The Morgan fingerprint density at radius 2 is 0.458 bits per heavy atom. The minimum absolute atomic E-state index is 0.654. The first kappa shape index (κ1) is 82.8. The number of nitrogens with zero attached hydrogens (tertiary/aromatic N) is 13. The van der Waals surface area contributed by atoms with Crippen molar-refractivity contribution in [3.8, 4) is 68.4 Å². The van der Waals surface area contributed by atoms with Crippen molar-refractivity contribution >= 4 is 257 Å². The van der Waals surface area contributed by atoms with Crippen LogP contribution in [0.2, 0.25) is 0 Å². The summed E-state index contributed by atoms with van der Waals surface area (Å²) in [6.45, 7) is 0. The monoisotopic (exact) mass is 1910 g/mol. The first-order valence-electron chi connectivity index (χ1n) is 48.0. The number of benzene rings is 17. The number of hydrogen-bond donors (Lipinski definition) is 0. The fourth-order valence-corrected chi connectivity index (χ4v) is 26.9. The molecule has 15 aromatic heterocycles. The van der Waals surface area contributed by atoms with Gasteiger partial charge < -0.3 is 4.57 Å². The maximum Gasteiger partial charge on any atom is 0.235 e. The van der Waals surface area contributed by atoms with Crippen molar-refractivity contribution in [1.29, 1.82) is 0 Å². The van der Waals surface area contributed by atoms with Crippen LogP contribution < -0.4 is 0 Å². The van der Waals surface area contributed by atoms with E-state index in [9.17, 15) is 0 Å². The van der Waals surface area contributed by atoms with E-state index in [1.54, 1.807) is 11.3 Å². The van der Waals surface area contributed by atoms with Gasteiger partial charge in [-0.1, -0.05) is 315 Å². The molecule has 0 aliphatic heterocycles. The smallest absolute Gasteiger partial charge is 0.235 e. The summed E-state index contributed by atoms with van der Waals surface area (Å²) < 4.78 is 19.3. The van der Waals surface area contributed by atoms with Crippen LogP contribution in [0, 0.1) is 0 Å². The highest BCUT2D eigenvalue weighted by atomic mass is 32.1. The summed E-state index contributed by atoms with van der Waals surface area (Å²) in [7, 11) is 0. The number of rotatable bonds is 8. The van der Waals surface area contributed by atoms with Gasteiger partial charge in [-0.3, -0.25) is 33.6 Å². The Kier molecular flexibility index (Phi) is 19.4. The lowest BCUT2D eigenvalue weighted by molar-refractivity contribution is 0.998. The van der Waals surface area contributed by atoms with Crippen LogP contribution in [0.15, 0.2) is 456 Å². The van der Waals surface area contributed by atoms with Crippen molar-refractivity contribution in [2.24, 2.45) is 0 Å². The number of hydrogen-bond acceptors (Lipinski definition) is 13. The second-order valence-corrected chi connectivity index (χ2v) is 40.2. The maximum absolute atomic E-state index is 5.26. The van der Waals surface area contributed by atoms with Gasteiger partial charge in [0, 0.05) is 192 Å². The summed E-state index contributed by atoms with van der Waals surface area (Å²) in [6, 6.07) is 149. The highest BCUT2D eigenvalue weighted by Gasteiger charge is 2.30. The van der Waals surface area contributed by atoms with Crippen molar-refractivity contribution in [2.75, 3.05) is 0 Å². The lowest BCUT2D eigenvalue weighted by Gasteiger charge is -2.13. The topological polar surface area (TPSA) is 136 Å². The van der Waals surface area contributed by atoms with E-state index in [0.29, 0.717) is 11.8 Å². The molecule has 0 atom stereocenters. The third kappa shape index (κ3) is 13.1. The standard InChI is InChI=1S/2C37H22N4S.C27H16N2S.C26H15N3S/c1-3-12-23(13-4-1)28-22-29(24-14-5-2-6-15-24)40-37(39-28)41-30-19-9-7-16-25(30)32-27-18-11-21-38-34(27)36-33(35(32)41)26-17-8-10-20-31(26)42-36;1-3-12-23(13-4-1)28-22-31(40-37(39-28)24-14-5-2-6-15-24)41-29-19-9-7-16-25(29)32-27-18-11-21-38-34(27)36-33(35(32)41)26-17-8-10-20-30(26)42-36;1-2-9-17(10-3-1)29-21-14-6-4-11-18(21)23-20-13-8-16-28-25(20)27-24(26(23)29)19-12-5-7-15-22(19)30-27;1-3-11-19-16(8-1)22-18-10-7-15-28-24(18)26-23(17-9-2-4-12-20(17)30-26)25(22)29(19)21-13-5-6-14-27-21/h2*1-22H;1-16H;1-15H. The maximum atomic E-state index is 5.26. The molecular formula is C127H75N13S4. The summed E-state index contributed by atoms with van der Waals surface area (Å²) in [4.78, 5) is 45.1. The number of thiophene rings is 4. The van der Waals surface area contributed by atoms with E-state index < -0.39 is 0 Å². The van der Waals surface area contributed by atoms with E-state index in [2.05, 4.69) is 382 Å². The summed E-state index contributed by atoms with van der Waals surface area (Å²) in [5.74, 6) is 3.13. The van der Waals surface area contributed by atoms with Gasteiger partial charge in [0.1, 0.15) is 11.6 Å². The first-order chi connectivity index (χ1) is 71.5. The molecule has 17 heteroatoms. The van der Waals surface area contributed by atoms with E-state index >= 15 is 0 Å². The highest BCUT2D eigenvalue weighted by Crippen LogP contribution is 2.54. The molecule has 0 saturated heterocycles. The number of fused-ring (bicyclic) bond motifs is 40. The molecular weight excluding hydrogens is 1840 g/mol. The van der Waals surface area contributed by atoms with Crippen LogP contribution in [0.1, 0.15) is 0 Å². The van der Waals surface area contributed by atoms with Crippen LogP contribution in [0.25, 0.3) is 280 Å². The zero-order valence-corrected chi connectivity index (χ0v) is 80.0. The Labute approximate surface area is 837 Å². The molecule has 13 nitrogen and oxygen atoms in total.